The fourth-order valence-corrected chi connectivity index (χ4v) is 3.46. The number of ether oxygens (including phenoxy) is 1. The number of furan rings is 1. The maximum absolute atomic E-state index is 14.5. The van der Waals surface area contributed by atoms with Crippen LogP contribution in [0.2, 0.25) is 0 Å². The minimum atomic E-state index is -1.26. The molecular formula is C22H15F2NO5. The molecule has 3 aromatic rings. The molecule has 0 aliphatic carbocycles. The maximum Gasteiger partial charge on any atom is 0.300 e. The summed E-state index contributed by atoms with van der Waals surface area (Å²) in [4.78, 5) is 26.6. The Kier molecular flexibility index (Phi) is 4.83. The lowest BCUT2D eigenvalue weighted by Crippen LogP contribution is -2.30. The van der Waals surface area contributed by atoms with Crippen LogP contribution in [-0.2, 0) is 9.59 Å². The zero-order chi connectivity index (χ0) is 21.4. The first kappa shape index (κ1) is 19.4. The molecule has 30 heavy (non-hydrogen) atoms. The number of aliphatic hydroxyl groups is 1. The second kappa shape index (κ2) is 7.47. The van der Waals surface area contributed by atoms with Crippen molar-refractivity contribution >= 4 is 23.1 Å². The number of nitrogens with zero attached hydrogens (tertiary/aromatic N) is 1. The summed E-state index contributed by atoms with van der Waals surface area (Å²) in [7, 11) is 1.39. The van der Waals surface area contributed by atoms with Gasteiger partial charge in [0.05, 0.1) is 30.2 Å². The van der Waals surface area contributed by atoms with E-state index in [4.69, 9.17) is 9.15 Å². The van der Waals surface area contributed by atoms with Crippen LogP contribution in [0.15, 0.2) is 70.9 Å². The van der Waals surface area contributed by atoms with Gasteiger partial charge in [0.1, 0.15) is 34.9 Å². The number of ketones is 1. The third kappa shape index (κ3) is 3.02. The fourth-order valence-electron chi connectivity index (χ4n) is 3.46. The smallest absolute Gasteiger partial charge is 0.300 e. The highest BCUT2D eigenvalue weighted by Gasteiger charge is 2.49. The summed E-state index contributed by atoms with van der Waals surface area (Å²) in [5.74, 6) is -4.11. The van der Waals surface area contributed by atoms with E-state index in [0.29, 0.717) is 6.07 Å². The molecule has 1 fully saturated rings. The summed E-state index contributed by atoms with van der Waals surface area (Å²) in [6.07, 6.45) is 1.32. The van der Waals surface area contributed by atoms with Crippen LogP contribution in [0.1, 0.15) is 17.4 Å². The highest BCUT2D eigenvalue weighted by Crippen LogP contribution is 2.44. The molecule has 1 aliphatic rings. The standard InChI is InChI=1S/C22H15F2NO5/c1-29-16-6-3-2-5-13(16)20(26)18-19(17-7-4-10-30-17)25(22(28)21(18)27)15-9-8-12(23)11-14(15)24/h2-11,19,26H,1H3/b20-18-. The van der Waals surface area contributed by atoms with E-state index in [0.717, 1.165) is 17.0 Å². The number of methoxy groups -OCH3 is 1. The van der Waals surface area contributed by atoms with Crippen molar-refractivity contribution in [1.82, 2.24) is 0 Å². The largest absolute Gasteiger partial charge is 0.507 e. The summed E-state index contributed by atoms with van der Waals surface area (Å²) in [6, 6.07) is 10.8. The number of amides is 1. The van der Waals surface area contributed by atoms with E-state index in [1.165, 1.54) is 31.6 Å². The highest BCUT2D eigenvalue weighted by atomic mass is 19.1. The van der Waals surface area contributed by atoms with Gasteiger partial charge in [-0.15, -0.1) is 0 Å². The van der Waals surface area contributed by atoms with Crippen molar-refractivity contribution in [2.24, 2.45) is 0 Å². The molecule has 0 bridgehead atoms. The maximum atomic E-state index is 14.5. The Bertz CT molecular complexity index is 1170. The van der Waals surface area contributed by atoms with Gasteiger partial charge in [-0.3, -0.25) is 14.5 Å². The summed E-state index contributed by atoms with van der Waals surface area (Å²) >= 11 is 0. The molecule has 152 valence electrons. The van der Waals surface area contributed by atoms with Crippen LogP contribution < -0.4 is 9.64 Å². The first-order valence-electron chi connectivity index (χ1n) is 8.87. The van der Waals surface area contributed by atoms with Gasteiger partial charge < -0.3 is 14.3 Å². The van der Waals surface area contributed by atoms with Crippen molar-refractivity contribution in [3.8, 4) is 5.75 Å². The third-order valence-electron chi connectivity index (χ3n) is 4.79. The molecule has 0 spiro atoms. The molecule has 2 aromatic carbocycles. The molecule has 6 nitrogen and oxygen atoms in total. The highest BCUT2D eigenvalue weighted by molar-refractivity contribution is 6.51. The number of halogens is 2. The SMILES string of the molecule is COc1ccccc1/C(O)=C1/C(=O)C(=O)N(c2ccc(F)cc2F)C1c1ccco1. The van der Waals surface area contributed by atoms with Gasteiger partial charge in [0.2, 0.25) is 0 Å². The van der Waals surface area contributed by atoms with Gasteiger partial charge in [0.15, 0.2) is 0 Å². The molecule has 0 saturated carbocycles. The van der Waals surface area contributed by atoms with Crippen LogP contribution in [-0.4, -0.2) is 23.9 Å². The van der Waals surface area contributed by atoms with Crippen LogP contribution in [0.4, 0.5) is 14.5 Å². The Morgan fingerprint density at radius 1 is 1.10 bits per heavy atom. The first-order valence-corrected chi connectivity index (χ1v) is 8.87. The topological polar surface area (TPSA) is 80.0 Å². The molecule has 1 aliphatic heterocycles. The van der Waals surface area contributed by atoms with Crippen LogP contribution in [0, 0.1) is 11.6 Å². The van der Waals surface area contributed by atoms with Gasteiger partial charge in [0, 0.05) is 6.07 Å². The zero-order valence-electron chi connectivity index (χ0n) is 15.6. The number of aliphatic hydroxyl groups excluding tert-OH is 1. The minimum absolute atomic E-state index is 0.120. The lowest BCUT2D eigenvalue weighted by Gasteiger charge is -2.23. The molecule has 8 heteroatoms. The molecule has 1 unspecified atom stereocenters. The van der Waals surface area contributed by atoms with Gasteiger partial charge in [-0.1, -0.05) is 12.1 Å². The minimum Gasteiger partial charge on any atom is -0.507 e. The van der Waals surface area contributed by atoms with Crippen LogP contribution in [0.25, 0.3) is 5.76 Å². The van der Waals surface area contributed by atoms with E-state index in [1.54, 1.807) is 18.2 Å². The van der Waals surface area contributed by atoms with Crippen molar-refractivity contribution in [3.05, 3.63) is 89.4 Å². The van der Waals surface area contributed by atoms with Crippen LogP contribution >= 0.6 is 0 Å². The number of Topliss-reactive ketones (excluding diaryl/α,β-unsaturated/α-hetero) is 1. The molecule has 1 saturated heterocycles. The van der Waals surface area contributed by atoms with Gasteiger partial charge in [-0.25, -0.2) is 8.78 Å². The van der Waals surface area contributed by atoms with Gasteiger partial charge in [-0.05, 0) is 36.4 Å². The van der Waals surface area contributed by atoms with E-state index >= 15 is 0 Å². The number of carbonyl (C=O) groups excluding carboxylic acids is 2. The van der Waals surface area contributed by atoms with Crippen molar-refractivity contribution in [2.45, 2.75) is 6.04 Å². The monoisotopic (exact) mass is 411 g/mol. The Morgan fingerprint density at radius 3 is 2.53 bits per heavy atom. The van der Waals surface area contributed by atoms with Gasteiger partial charge >= 0.3 is 0 Å². The number of hydrogen-bond donors (Lipinski definition) is 1. The molecule has 1 atom stereocenters. The lowest BCUT2D eigenvalue weighted by atomic mass is 9.98. The van der Waals surface area contributed by atoms with Gasteiger partial charge in [0.25, 0.3) is 11.7 Å². The molecule has 1 aromatic heterocycles. The number of anilines is 1. The molecule has 4 rings (SSSR count). The summed E-state index contributed by atoms with van der Waals surface area (Å²) in [5, 5.41) is 11.0. The molecular weight excluding hydrogens is 396 g/mol. The van der Waals surface area contributed by atoms with Crippen LogP contribution in [0.3, 0.4) is 0 Å². The first-order chi connectivity index (χ1) is 14.4. The number of benzene rings is 2. The summed E-state index contributed by atoms with van der Waals surface area (Å²) < 4.78 is 38.5. The average molecular weight is 411 g/mol. The Morgan fingerprint density at radius 2 is 1.87 bits per heavy atom. The number of para-hydroxylation sites is 1. The van der Waals surface area contributed by atoms with E-state index in [1.807, 2.05) is 0 Å². The normalized spacial score (nSPS) is 18.1. The summed E-state index contributed by atoms with van der Waals surface area (Å²) in [5.41, 5.74) is -0.448. The fraction of sp³-hybridized carbons (Fsp3) is 0.0909. The Hall–Kier alpha value is -3.94. The lowest BCUT2D eigenvalue weighted by molar-refractivity contribution is -0.132. The van der Waals surface area contributed by atoms with Crippen molar-refractivity contribution in [3.63, 3.8) is 0 Å². The predicted molar refractivity (Wildman–Crippen MR) is 103 cm³/mol. The van der Waals surface area contributed by atoms with E-state index < -0.39 is 35.1 Å². The van der Waals surface area contributed by atoms with Crippen molar-refractivity contribution < 1.29 is 32.6 Å². The zero-order valence-corrected chi connectivity index (χ0v) is 15.6. The molecule has 0 radical (unpaired) electrons. The van der Waals surface area contributed by atoms with Gasteiger partial charge in [-0.2, -0.15) is 0 Å². The molecule has 1 N–H and O–H groups in total. The van der Waals surface area contributed by atoms with Crippen LogP contribution in [0.5, 0.6) is 5.75 Å². The summed E-state index contributed by atoms with van der Waals surface area (Å²) in [6.45, 7) is 0. The van der Waals surface area contributed by atoms with Crippen molar-refractivity contribution in [1.29, 1.82) is 0 Å². The van der Waals surface area contributed by atoms with E-state index in [9.17, 15) is 23.5 Å². The Balaban J connectivity index is 1.97. The number of hydrogen-bond acceptors (Lipinski definition) is 5. The Labute approximate surface area is 169 Å². The number of carbonyl (C=O) groups is 2. The molecule has 1 amide bonds. The third-order valence-corrected chi connectivity index (χ3v) is 4.79. The second-order valence-electron chi connectivity index (χ2n) is 6.48. The second-order valence-corrected chi connectivity index (χ2v) is 6.48. The number of rotatable bonds is 4. The average Bonchev–Trinajstić information content (AvgIpc) is 3.35. The molecule has 2 heterocycles. The van der Waals surface area contributed by atoms with E-state index in [2.05, 4.69) is 0 Å². The quantitative estimate of drug-likeness (QED) is 0.396. The van der Waals surface area contributed by atoms with Crippen molar-refractivity contribution in [2.75, 3.05) is 12.0 Å². The predicted octanol–water partition coefficient (Wildman–Crippen LogP) is 4.19. The van der Waals surface area contributed by atoms with E-state index in [-0.39, 0.29) is 28.3 Å².